The van der Waals surface area contributed by atoms with Crippen molar-refractivity contribution in [2.45, 2.75) is 63.2 Å². The third-order valence-electron chi connectivity index (χ3n) is 3.27. The topological polar surface area (TPSA) is 43.4 Å². The Balaban J connectivity index is 0.00000400. The minimum absolute atomic E-state index is 0. The average Bonchev–Trinajstić information content (AvgIpc) is 2.46. The van der Waals surface area contributed by atoms with E-state index in [9.17, 15) is 8.42 Å². The van der Waals surface area contributed by atoms with Gasteiger partial charge >= 0.3 is 0 Å². The van der Waals surface area contributed by atoms with Crippen molar-refractivity contribution in [1.29, 1.82) is 0 Å². The highest BCUT2D eigenvalue weighted by Crippen LogP contribution is 2.13. The first kappa shape index (κ1) is 20.9. The zero-order valence-corrected chi connectivity index (χ0v) is 15.3. The van der Waals surface area contributed by atoms with Crippen molar-refractivity contribution in [1.82, 2.24) is 0 Å². The Kier molecular flexibility index (Phi) is 12.4. The molecule has 0 unspecified atom stereocenters. The molecule has 116 valence electrons. The second-order valence-corrected chi connectivity index (χ2v) is 6.68. The molecule has 0 aliphatic rings. The van der Waals surface area contributed by atoms with Crippen LogP contribution in [0.4, 0.5) is 0 Å². The molecule has 0 saturated carbocycles. The van der Waals surface area contributed by atoms with Crippen LogP contribution < -0.4 is 0 Å². The van der Waals surface area contributed by atoms with E-state index in [0.717, 1.165) is 12.8 Å². The molecule has 0 saturated heterocycles. The summed E-state index contributed by atoms with van der Waals surface area (Å²) < 4.78 is 28.7. The van der Waals surface area contributed by atoms with E-state index in [1.54, 1.807) is 30.3 Å². The lowest BCUT2D eigenvalue weighted by Gasteiger charge is -2.05. The molecular formula is C16H26MgO3S. The highest BCUT2D eigenvalue weighted by Gasteiger charge is 2.13. The lowest BCUT2D eigenvalue weighted by atomic mass is 10.1. The first-order chi connectivity index (χ1) is 9.67. The normalized spacial score (nSPS) is 11.1. The molecule has 0 amide bonds. The molecule has 1 aromatic rings. The largest absolute Gasteiger partial charge is 0.296 e. The van der Waals surface area contributed by atoms with Gasteiger partial charge in [0.1, 0.15) is 0 Å². The summed E-state index contributed by atoms with van der Waals surface area (Å²) in [5.41, 5.74) is 0. The van der Waals surface area contributed by atoms with Gasteiger partial charge in [0, 0.05) is 23.1 Å². The summed E-state index contributed by atoms with van der Waals surface area (Å²) in [6.07, 6.45) is 9.44. The number of rotatable bonds is 11. The average molecular weight is 323 g/mol. The Morgan fingerprint density at radius 3 is 1.95 bits per heavy atom. The first-order valence-electron chi connectivity index (χ1n) is 7.61. The molecule has 0 aliphatic heterocycles. The van der Waals surface area contributed by atoms with E-state index in [0.29, 0.717) is 0 Å². The van der Waals surface area contributed by atoms with E-state index in [2.05, 4.69) is 6.92 Å². The van der Waals surface area contributed by atoms with Crippen LogP contribution in [0.25, 0.3) is 0 Å². The number of unbranched alkanes of at least 4 members (excludes halogenated alkanes) is 7. The van der Waals surface area contributed by atoms with Gasteiger partial charge < -0.3 is 0 Å². The molecule has 2 radical (unpaired) electrons. The number of hydrogen-bond donors (Lipinski definition) is 0. The summed E-state index contributed by atoms with van der Waals surface area (Å²) in [4.78, 5) is 0.236. The van der Waals surface area contributed by atoms with Gasteiger partial charge in [-0.2, -0.15) is 8.42 Å². The smallest absolute Gasteiger partial charge is 0.266 e. The maximum absolute atomic E-state index is 11.8. The SMILES string of the molecule is CCCCCCCCCCOS(=O)(=O)c1ccccc1.[Mg]. The Bertz CT molecular complexity index is 446. The van der Waals surface area contributed by atoms with Crippen LogP contribution in [-0.4, -0.2) is 38.1 Å². The molecule has 0 bridgehead atoms. The number of benzene rings is 1. The Hall–Kier alpha value is -0.104. The lowest BCUT2D eigenvalue weighted by molar-refractivity contribution is 0.306. The zero-order valence-electron chi connectivity index (χ0n) is 13.1. The third-order valence-corrected chi connectivity index (χ3v) is 4.59. The van der Waals surface area contributed by atoms with Crippen molar-refractivity contribution in [3.8, 4) is 0 Å². The fourth-order valence-corrected chi connectivity index (χ4v) is 3.02. The van der Waals surface area contributed by atoms with Gasteiger partial charge in [-0.05, 0) is 18.6 Å². The molecule has 1 rings (SSSR count). The molecule has 5 heteroatoms. The van der Waals surface area contributed by atoms with Crippen molar-refractivity contribution in [2.24, 2.45) is 0 Å². The van der Waals surface area contributed by atoms with Crippen molar-refractivity contribution in [2.75, 3.05) is 6.61 Å². The Morgan fingerprint density at radius 1 is 0.857 bits per heavy atom. The summed E-state index contributed by atoms with van der Waals surface area (Å²) in [5.74, 6) is 0. The summed E-state index contributed by atoms with van der Waals surface area (Å²) in [5, 5.41) is 0. The summed E-state index contributed by atoms with van der Waals surface area (Å²) >= 11 is 0. The van der Waals surface area contributed by atoms with E-state index in [1.807, 2.05) is 0 Å². The molecule has 3 nitrogen and oxygen atoms in total. The Morgan fingerprint density at radius 2 is 1.38 bits per heavy atom. The van der Waals surface area contributed by atoms with E-state index < -0.39 is 10.1 Å². The Labute approximate surface area is 145 Å². The second-order valence-electron chi connectivity index (χ2n) is 5.06. The molecule has 0 atom stereocenters. The molecule has 21 heavy (non-hydrogen) atoms. The van der Waals surface area contributed by atoms with Crippen LogP contribution in [0.1, 0.15) is 58.3 Å². The fraction of sp³-hybridized carbons (Fsp3) is 0.625. The van der Waals surface area contributed by atoms with Crippen molar-refractivity contribution >= 4 is 33.2 Å². The molecule has 0 fully saturated rings. The van der Waals surface area contributed by atoms with Gasteiger partial charge in [0.2, 0.25) is 0 Å². The van der Waals surface area contributed by atoms with Gasteiger partial charge in [-0.25, -0.2) is 0 Å². The highest BCUT2D eigenvalue weighted by atomic mass is 32.2. The summed E-state index contributed by atoms with van der Waals surface area (Å²) in [6.45, 7) is 2.50. The van der Waals surface area contributed by atoms with E-state index in [1.165, 1.54) is 38.5 Å². The van der Waals surface area contributed by atoms with Crippen LogP contribution in [0.15, 0.2) is 35.2 Å². The van der Waals surface area contributed by atoms with Crippen LogP contribution in [0.3, 0.4) is 0 Å². The van der Waals surface area contributed by atoms with Gasteiger partial charge in [-0.15, -0.1) is 0 Å². The van der Waals surface area contributed by atoms with Gasteiger partial charge in [-0.1, -0.05) is 70.1 Å². The van der Waals surface area contributed by atoms with Crippen molar-refractivity contribution in [3.05, 3.63) is 30.3 Å². The van der Waals surface area contributed by atoms with Gasteiger partial charge in [0.25, 0.3) is 10.1 Å². The molecular weight excluding hydrogens is 297 g/mol. The molecule has 0 heterocycles. The third kappa shape index (κ3) is 9.50. The first-order valence-corrected chi connectivity index (χ1v) is 9.02. The van der Waals surface area contributed by atoms with E-state index >= 15 is 0 Å². The zero-order chi connectivity index (χ0) is 14.7. The maximum Gasteiger partial charge on any atom is 0.296 e. The van der Waals surface area contributed by atoms with Crippen LogP contribution >= 0.6 is 0 Å². The molecule has 0 aromatic heterocycles. The molecule has 0 spiro atoms. The quantitative estimate of drug-likeness (QED) is 0.349. The summed E-state index contributed by atoms with van der Waals surface area (Å²) in [7, 11) is -3.57. The number of hydrogen-bond acceptors (Lipinski definition) is 3. The van der Waals surface area contributed by atoms with E-state index in [4.69, 9.17) is 4.18 Å². The van der Waals surface area contributed by atoms with E-state index in [-0.39, 0.29) is 34.6 Å². The van der Waals surface area contributed by atoms with Gasteiger partial charge in [0.15, 0.2) is 0 Å². The molecule has 1 aromatic carbocycles. The van der Waals surface area contributed by atoms with Crippen molar-refractivity contribution in [3.63, 3.8) is 0 Å². The van der Waals surface area contributed by atoms with Crippen LogP contribution in [0, 0.1) is 0 Å². The molecule has 0 N–H and O–H groups in total. The highest BCUT2D eigenvalue weighted by molar-refractivity contribution is 7.86. The maximum atomic E-state index is 11.8. The van der Waals surface area contributed by atoms with Crippen LogP contribution in [-0.2, 0) is 14.3 Å². The molecule has 0 aliphatic carbocycles. The minimum atomic E-state index is -3.57. The van der Waals surface area contributed by atoms with Gasteiger partial charge in [0.05, 0.1) is 11.5 Å². The van der Waals surface area contributed by atoms with Crippen LogP contribution in [0.2, 0.25) is 0 Å². The minimum Gasteiger partial charge on any atom is -0.266 e. The standard InChI is InChI=1S/C16H26O3S.Mg/c1-2-3-4-5-6-7-8-12-15-19-20(17,18)16-13-10-9-11-14-16;/h9-11,13-14H,2-8,12,15H2,1H3;. The van der Waals surface area contributed by atoms with Gasteiger partial charge in [-0.3, -0.25) is 4.18 Å². The second kappa shape index (κ2) is 12.4. The van der Waals surface area contributed by atoms with Crippen molar-refractivity contribution < 1.29 is 12.6 Å². The van der Waals surface area contributed by atoms with Crippen LogP contribution in [0.5, 0.6) is 0 Å². The predicted octanol–water partition coefficient (Wildman–Crippen LogP) is 4.15. The summed E-state index contributed by atoms with van der Waals surface area (Å²) in [6, 6.07) is 8.31. The fourth-order valence-electron chi connectivity index (χ4n) is 2.06. The lowest BCUT2D eigenvalue weighted by Crippen LogP contribution is -2.07. The predicted molar refractivity (Wildman–Crippen MR) is 87.9 cm³/mol. The monoisotopic (exact) mass is 322 g/mol.